The molecule has 7 heteroatoms. The van der Waals surface area contributed by atoms with Gasteiger partial charge in [-0.25, -0.2) is 9.97 Å². The van der Waals surface area contributed by atoms with Gasteiger partial charge >= 0.3 is 0 Å². The Hall–Kier alpha value is -1.56. The maximum Gasteiger partial charge on any atom is 0.221 e. The summed E-state index contributed by atoms with van der Waals surface area (Å²) in [6.07, 6.45) is 1.68. The molecule has 1 rings (SSSR count). The van der Waals surface area contributed by atoms with Crippen LogP contribution in [-0.2, 0) is 4.79 Å². The van der Waals surface area contributed by atoms with E-state index in [4.69, 9.17) is 16.3 Å². The standard InChI is InChI=1S/C11H17ClN4O2/c1-7(2)16-8(17)4-5-13-11-9(18-3)10(12)14-6-15-11/h6-7H,4-5H2,1-3H3,(H,16,17)(H,13,14,15). The summed E-state index contributed by atoms with van der Waals surface area (Å²) in [5, 5.41) is 6.03. The fourth-order valence-electron chi connectivity index (χ4n) is 1.35. The molecule has 1 aromatic heterocycles. The third-order valence-corrected chi connectivity index (χ3v) is 2.33. The number of nitrogens with one attached hydrogen (secondary N) is 2. The van der Waals surface area contributed by atoms with E-state index in [1.807, 2.05) is 13.8 Å². The second-order valence-electron chi connectivity index (χ2n) is 3.95. The van der Waals surface area contributed by atoms with Gasteiger partial charge in [-0.2, -0.15) is 0 Å². The van der Waals surface area contributed by atoms with Gasteiger partial charge in [0, 0.05) is 19.0 Å². The average Bonchev–Trinajstić information content (AvgIpc) is 2.28. The van der Waals surface area contributed by atoms with Crippen LogP contribution in [0.1, 0.15) is 20.3 Å². The smallest absolute Gasteiger partial charge is 0.221 e. The molecule has 0 unspecified atom stereocenters. The van der Waals surface area contributed by atoms with E-state index in [0.717, 1.165) is 0 Å². The molecule has 18 heavy (non-hydrogen) atoms. The molecule has 0 aliphatic carbocycles. The van der Waals surface area contributed by atoms with Crippen LogP contribution in [0.4, 0.5) is 5.82 Å². The number of carbonyl (C=O) groups excluding carboxylic acids is 1. The minimum atomic E-state index is -0.0170. The van der Waals surface area contributed by atoms with Crippen molar-refractivity contribution in [2.24, 2.45) is 0 Å². The molecule has 0 aromatic carbocycles. The predicted octanol–water partition coefficient (Wildman–Crippen LogP) is 1.47. The van der Waals surface area contributed by atoms with E-state index in [1.54, 1.807) is 0 Å². The van der Waals surface area contributed by atoms with Crippen LogP contribution in [0.15, 0.2) is 6.33 Å². The van der Waals surface area contributed by atoms with E-state index < -0.39 is 0 Å². The van der Waals surface area contributed by atoms with E-state index in [2.05, 4.69) is 20.6 Å². The van der Waals surface area contributed by atoms with Gasteiger partial charge in [0.15, 0.2) is 16.7 Å². The molecule has 1 aromatic rings. The second kappa shape index (κ2) is 7.00. The zero-order chi connectivity index (χ0) is 13.5. The van der Waals surface area contributed by atoms with Crippen molar-refractivity contribution in [2.75, 3.05) is 19.0 Å². The molecule has 1 amide bonds. The molecule has 6 nitrogen and oxygen atoms in total. The zero-order valence-electron chi connectivity index (χ0n) is 10.7. The van der Waals surface area contributed by atoms with Crippen LogP contribution in [0.5, 0.6) is 5.75 Å². The summed E-state index contributed by atoms with van der Waals surface area (Å²) in [5.74, 6) is 0.843. The van der Waals surface area contributed by atoms with E-state index in [-0.39, 0.29) is 17.1 Å². The van der Waals surface area contributed by atoms with Gasteiger partial charge in [0.25, 0.3) is 0 Å². The SMILES string of the molecule is COc1c(Cl)ncnc1NCCC(=O)NC(C)C. The van der Waals surface area contributed by atoms with Crippen LogP contribution in [-0.4, -0.2) is 35.6 Å². The number of hydrogen-bond donors (Lipinski definition) is 2. The number of ether oxygens (including phenoxy) is 1. The van der Waals surface area contributed by atoms with Crippen LogP contribution in [0.3, 0.4) is 0 Å². The summed E-state index contributed by atoms with van der Waals surface area (Å²) in [5.41, 5.74) is 0. The van der Waals surface area contributed by atoms with Gasteiger partial charge in [0.05, 0.1) is 7.11 Å². The number of hydrogen-bond acceptors (Lipinski definition) is 5. The quantitative estimate of drug-likeness (QED) is 0.767. The highest BCUT2D eigenvalue weighted by Crippen LogP contribution is 2.27. The number of carbonyl (C=O) groups is 1. The van der Waals surface area contributed by atoms with Crippen molar-refractivity contribution in [3.63, 3.8) is 0 Å². The largest absolute Gasteiger partial charge is 0.490 e. The maximum absolute atomic E-state index is 11.4. The summed E-state index contributed by atoms with van der Waals surface area (Å²) >= 11 is 5.84. The first-order chi connectivity index (χ1) is 8.54. The fourth-order valence-corrected chi connectivity index (χ4v) is 1.56. The molecule has 0 radical (unpaired) electrons. The molecule has 2 N–H and O–H groups in total. The van der Waals surface area contributed by atoms with Crippen LogP contribution in [0.25, 0.3) is 0 Å². The van der Waals surface area contributed by atoms with E-state index >= 15 is 0 Å². The van der Waals surface area contributed by atoms with Crippen molar-refractivity contribution in [3.8, 4) is 5.75 Å². The van der Waals surface area contributed by atoms with Crippen molar-refractivity contribution in [1.82, 2.24) is 15.3 Å². The Kier molecular flexibility index (Phi) is 5.64. The Bertz CT molecular complexity index is 412. The van der Waals surface area contributed by atoms with Gasteiger partial charge in [-0.3, -0.25) is 4.79 Å². The van der Waals surface area contributed by atoms with Crippen molar-refractivity contribution >= 4 is 23.3 Å². The Morgan fingerprint density at radius 3 is 2.83 bits per heavy atom. The predicted molar refractivity (Wildman–Crippen MR) is 70.0 cm³/mol. The topological polar surface area (TPSA) is 76.1 Å². The summed E-state index contributed by atoms with van der Waals surface area (Å²) in [4.78, 5) is 19.2. The molecule has 0 atom stereocenters. The van der Waals surface area contributed by atoms with Crippen LogP contribution < -0.4 is 15.4 Å². The van der Waals surface area contributed by atoms with Gasteiger partial charge < -0.3 is 15.4 Å². The molecule has 1 heterocycles. The Labute approximate surface area is 111 Å². The first kappa shape index (κ1) is 14.5. The normalized spacial score (nSPS) is 10.3. The molecular weight excluding hydrogens is 256 g/mol. The monoisotopic (exact) mass is 272 g/mol. The van der Waals surface area contributed by atoms with E-state index in [0.29, 0.717) is 24.5 Å². The van der Waals surface area contributed by atoms with Crippen molar-refractivity contribution in [1.29, 1.82) is 0 Å². The summed E-state index contributed by atoms with van der Waals surface area (Å²) in [6, 6.07) is 0.139. The Morgan fingerprint density at radius 1 is 1.50 bits per heavy atom. The average molecular weight is 273 g/mol. The van der Waals surface area contributed by atoms with Crippen molar-refractivity contribution < 1.29 is 9.53 Å². The molecule has 0 aliphatic heterocycles. The summed E-state index contributed by atoms with van der Waals surface area (Å²) in [6.45, 7) is 4.28. The lowest BCUT2D eigenvalue weighted by atomic mass is 10.3. The molecule has 100 valence electrons. The summed E-state index contributed by atoms with van der Waals surface area (Å²) in [7, 11) is 1.49. The lowest BCUT2D eigenvalue weighted by Crippen LogP contribution is -2.31. The number of amides is 1. The zero-order valence-corrected chi connectivity index (χ0v) is 11.4. The van der Waals surface area contributed by atoms with Crippen LogP contribution >= 0.6 is 11.6 Å². The number of anilines is 1. The highest BCUT2D eigenvalue weighted by atomic mass is 35.5. The van der Waals surface area contributed by atoms with E-state index in [1.165, 1.54) is 13.4 Å². The molecular formula is C11H17ClN4O2. The van der Waals surface area contributed by atoms with Crippen molar-refractivity contribution in [2.45, 2.75) is 26.3 Å². The highest BCUT2D eigenvalue weighted by Gasteiger charge is 2.10. The van der Waals surface area contributed by atoms with Gasteiger partial charge in [-0.15, -0.1) is 0 Å². The highest BCUT2D eigenvalue weighted by molar-refractivity contribution is 6.31. The second-order valence-corrected chi connectivity index (χ2v) is 4.30. The number of rotatable bonds is 6. The molecule has 0 saturated carbocycles. The molecule has 0 fully saturated rings. The summed E-state index contributed by atoms with van der Waals surface area (Å²) < 4.78 is 5.08. The number of nitrogens with zero attached hydrogens (tertiary/aromatic N) is 2. The van der Waals surface area contributed by atoms with Crippen LogP contribution in [0.2, 0.25) is 5.15 Å². The molecule has 0 saturated heterocycles. The van der Waals surface area contributed by atoms with Crippen molar-refractivity contribution in [3.05, 3.63) is 11.5 Å². The number of aromatic nitrogens is 2. The van der Waals surface area contributed by atoms with Gasteiger partial charge in [0.1, 0.15) is 6.33 Å². The number of methoxy groups -OCH3 is 1. The Balaban J connectivity index is 2.49. The van der Waals surface area contributed by atoms with Crippen LogP contribution in [0, 0.1) is 0 Å². The minimum absolute atomic E-state index is 0.0170. The first-order valence-corrected chi connectivity index (χ1v) is 6.00. The third-order valence-electron chi connectivity index (χ3n) is 2.06. The van der Waals surface area contributed by atoms with Gasteiger partial charge in [-0.1, -0.05) is 11.6 Å². The van der Waals surface area contributed by atoms with Gasteiger partial charge in [-0.05, 0) is 13.8 Å². The fraction of sp³-hybridized carbons (Fsp3) is 0.545. The third kappa shape index (κ3) is 4.37. The molecule has 0 spiro atoms. The maximum atomic E-state index is 11.4. The van der Waals surface area contributed by atoms with Gasteiger partial charge in [0.2, 0.25) is 5.91 Å². The minimum Gasteiger partial charge on any atom is -0.490 e. The molecule has 0 bridgehead atoms. The molecule has 0 aliphatic rings. The Morgan fingerprint density at radius 2 is 2.22 bits per heavy atom. The lowest BCUT2D eigenvalue weighted by molar-refractivity contribution is -0.121. The van der Waals surface area contributed by atoms with E-state index in [9.17, 15) is 4.79 Å². The lowest BCUT2D eigenvalue weighted by Gasteiger charge is -2.11. The first-order valence-electron chi connectivity index (χ1n) is 5.62. The number of halogens is 1.